The summed E-state index contributed by atoms with van der Waals surface area (Å²) < 4.78 is 12.6. The van der Waals surface area contributed by atoms with Gasteiger partial charge in [0.2, 0.25) is 0 Å². The number of hydrogen-bond acceptors (Lipinski definition) is 2. The molecule has 0 bridgehead atoms. The number of hydroxylamine groups is 2. The number of hydrogen-bond donors (Lipinski definition) is 0. The van der Waals surface area contributed by atoms with Crippen LogP contribution in [0.2, 0.25) is 5.02 Å². The normalized spacial score (nSPS) is 19.4. The Morgan fingerprint density at radius 1 is 0.963 bits per heavy atom. The van der Waals surface area contributed by atoms with Crippen molar-refractivity contribution in [3.05, 3.63) is 113 Å². The van der Waals surface area contributed by atoms with E-state index in [4.69, 9.17) is 11.6 Å². The van der Waals surface area contributed by atoms with Gasteiger partial charge in [-0.25, -0.2) is 4.39 Å². The number of pyridine rings is 1. The molecule has 0 saturated heterocycles. The van der Waals surface area contributed by atoms with Gasteiger partial charge in [-0.05, 0) is 36.4 Å². The van der Waals surface area contributed by atoms with Crippen LogP contribution in [0.5, 0.6) is 0 Å². The third-order valence-electron chi connectivity index (χ3n) is 4.53. The Hall–Kier alpha value is -2.79. The van der Waals surface area contributed by atoms with Crippen LogP contribution in [-0.4, -0.2) is 11.5 Å². The Labute approximate surface area is 161 Å². The third-order valence-corrected chi connectivity index (χ3v) is 4.86. The number of halogens is 2. The fourth-order valence-electron chi connectivity index (χ4n) is 3.21. The molecule has 1 aliphatic heterocycles. The van der Waals surface area contributed by atoms with E-state index in [2.05, 4.69) is 4.98 Å². The van der Waals surface area contributed by atoms with E-state index in [1.165, 1.54) is 24.3 Å². The van der Waals surface area contributed by atoms with E-state index in [0.29, 0.717) is 22.0 Å². The van der Waals surface area contributed by atoms with Gasteiger partial charge in [-0.2, -0.15) is 0 Å². The molecule has 5 heteroatoms. The second kappa shape index (κ2) is 7.08. The van der Waals surface area contributed by atoms with Crippen molar-refractivity contribution in [2.45, 2.75) is 0 Å². The highest BCUT2D eigenvalue weighted by Gasteiger charge is 2.28. The summed E-state index contributed by atoms with van der Waals surface area (Å²) in [7, 11) is 0. The molecule has 27 heavy (non-hydrogen) atoms. The van der Waals surface area contributed by atoms with E-state index < -0.39 is 4.65 Å². The van der Waals surface area contributed by atoms with Crippen molar-refractivity contribution >= 4 is 28.4 Å². The maximum atomic E-state index is 13.7. The number of allylic oxidation sites excluding steroid dienone is 2. The highest BCUT2D eigenvalue weighted by molar-refractivity contribution is 6.32. The SMILES string of the molecule is [O-][N+]1(c2ccc(F)cc2)C=C(c2ccccn2)C=C(c2ccccc2Cl)C1. The maximum absolute atomic E-state index is 13.7. The zero-order valence-corrected chi connectivity index (χ0v) is 15.1. The number of quaternary nitrogens is 1. The maximum Gasteiger partial charge on any atom is 0.137 e. The highest BCUT2D eigenvalue weighted by atomic mass is 35.5. The van der Waals surface area contributed by atoms with Crippen molar-refractivity contribution in [3.63, 3.8) is 0 Å². The Morgan fingerprint density at radius 3 is 2.41 bits per heavy atom. The van der Waals surface area contributed by atoms with Crippen molar-refractivity contribution < 1.29 is 4.39 Å². The molecule has 0 aliphatic carbocycles. The van der Waals surface area contributed by atoms with Crippen LogP contribution in [0.25, 0.3) is 11.1 Å². The lowest BCUT2D eigenvalue weighted by Crippen LogP contribution is -2.40. The first-order valence-electron chi connectivity index (χ1n) is 8.50. The second-order valence-corrected chi connectivity index (χ2v) is 6.79. The van der Waals surface area contributed by atoms with Gasteiger partial charge in [0.25, 0.3) is 0 Å². The molecule has 134 valence electrons. The predicted octanol–water partition coefficient (Wildman–Crippen LogP) is 5.82. The lowest BCUT2D eigenvalue weighted by molar-refractivity contribution is 0.548. The van der Waals surface area contributed by atoms with E-state index >= 15 is 0 Å². The average Bonchev–Trinajstić information content (AvgIpc) is 2.69. The van der Waals surface area contributed by atoms with Gasteiger partial charge in [0, 0.05) is 34.5 Å². The first kappa shape index (κ1) is 17.6. The van der Waals surface area contributed by atoms with Crippen LogP contribution < -0.4 is 4.65 Å². The molecule has 0 fully saturated rings. The Kier molecular flexibility index (Phi) is 4.62. The van der Waals surface area contributed by atoms with Gasteiger partial charge in [0.15, 0.2) is 0 Å². The fraction of sp³-hybridized carbons (Fsp3) is 0.0455. The summed E-state index contributed by atoms with van der Waals surface area (Å²) >= 11 is 6.38. The molecule has 4 rings (SSSR count). The summed E-state index contributed by atoms with van der Waals surface area (Å²) in [6.07, 6.45) is 5.24. The predicted molar refractivity (Wildman–Crippen MR) is 108 cm³/mol. The topological polar surface area (TPSA) is 36.0 Å². The van der Waals surface area contributed by atoms with E-state index in [-0.39, 0.29) is 12.4 Å². The average molecular weight is 379 g/mol. The van der Waals surface area contributed by atoms with E-state index in [1.807, 2.05) is 42.5 Å². The number of rotatable bonds is 3. The van der Waals surface area contributed by atoms with Crippen LogP contribution in [0.4, 0.5) is 10.1 Å². The largest absolute Gasteiger partial charge is 0.622 e. The summed E-state index contributed by atoms with van der Waals surface area (Å²) in [5.41, 5.74) is 3.46. The van der Waals surface area contributed by atoms with Crippen molar-refractivity contribution in [2.24, 2.45) is 0 Å². The summed E-state index contributed by atoms with van der Waals surface area (Å²) in [4.78, 5) is 4.37. The molecule has 3 aromatic rings. The smallest absolute Gasteiger partial charge is 0.137 e. The summed E-state index contributed by atoms with van der Waals surface area (Å²) in [5, 5.41) is 14.3. The van der Waals surface area contributed by atoms with Gasteiger partial charge < -0.3 is 5.21 Å². The first-order valence-corrected chi connectivity index (χ1v) is 8.88. The Morgan fingerprint density at radius 2 is 1.70 bits per heavy atom. The van der Waals surface area contributed by atoms with E-state index in [1.54, 1.807) is 18.5 Å². The van der Waals surface area contributed by atoms with Crippen molar-refractivity contribution in [1.29, 1.82) is 0 Å². The zero-order chi connectivity index (χ0) is 18.9. The number of benzene rings is 2. The van der Waals surface area contributed by atoms with Crippen molar-refractivity contribution in [2.75, 3.05) is 6.54 Å². The molecule has 2 aromatic carbocycles. The molecule has 1 unspecified atom stereocenters. The fourth-order valence-corrected chi connectivity index (χ4v) is 3.47. The lowest BCUT2D eigenvalue weighted by atomic mass is 9.97. The number of aromatic nitrogens is 1. The molecule has 2 heterocycles. The van der Waals surface area contributed by atoms with Crippen molar-refractivity contribution in [1.82, 2.24) is 9.63 Å². The molecule has 3 nitrogen and oxygen atoms in total. The first-order chi connectivity index (χ1) is 13.0. The minimum Gasteiger partial charge on any atom is -0.622 e. The van der Waals surface area contributed by atoms with Gasteiger partial charge in [-0.15, -0.1) is 0 Å². The molecule has 1 aromatic heterocycles. The monoisotopic (exact) mass is 378 g/mol. The van der Waals surface area contributed by atoms with Gasteiger partial charge in [-0.3, -0.25) is 9.63 Å². The van der Waals surface area contributed by atoms with Gasteiger partial charge in [-0.1, -0.05) is 35.9 Å². The molecule has 0 amide bonds. The van der Waals surface area contributed by atoms with Gasteiger partial charge >= 0.3 is 0 Å². The third kappa shape index (κ3) is 3.55. The molecular weight excluding hydrogens is 363 g/mol. The Bertz CT molecular complexity index is 1030. The standard InChI is InChI=1S/C22H16ClFN2O/c23-21-6-2-1-5-20(21)16-13-17(22-7-3-4-12-25-22)15-26(27,14-16)19-10-8-18(24)9-11-19/h1-13,15H,14H2. The van der Waals surface area contributed by atoms with E-state index in [9.17, 15) is 9.60 Å². The highest BCUT2D eigenvalue weighted by Crippen LogP contribution is 2.37. The molecule has 0 N–H and O–H groups in total. The molecule has 1 aliphatic rings. The molecule has 0 radical (unpaired) electrons. The number of nitrogens with zero attached hydrogens (tertiary/aromatic N) is 2. The van der Waals surface area contributed by atoms with Gasteiger partial charge in [0.05, 0.1) is 11.3 Å². The van der Waals surface area contributed by atoms with E-state index in [0.717, 1.165) is 11.1 Å². The summed E-state index contributed by atoms with van der Waals surface area (Å²) in [6, 6.07) is 18.6. The molecule has 0 saturated carbocycles. The summed E-state index contributed by atoms with van der Waals surface area (Å²) in [6.45, 7) is 0.158. The molecular formula is C22H16ClFN2O. The molecule has 0 spiro atoms. The van der Waals surface area contributed by atoms with Crippen LogP contribution in [0.1, 0.15) is 11.3 Å². The van der Waals surface area contributed by atoms with Crippen LogP contribution in [0, 0.1) is 11.0 Å². The Balaban J connectivity index is 1.87. The van der Waals surface area contributed by atoms with Crippen LogP contribution >= 0.6 is 11.6 Å². The van der Waals surface area contributed by atoms with Crippen LogP contribution in [0.3, 0.4) is 0 Å². The summed E-state index contributed by atoms with van der Waals surface area (Å²) in [5.74, 6) is -0.377. The molecule has 1 atom stereocenters. The quantitative estimate of drug-likeness (QED) is 0.425. The van der Waals surface area contributed by atoms with Crippen LogP contribution in [-0.2, 0) is 0 Å². The lowest BCUT2D eigenvalue weighted by Gasteiger charge is -2.41. The minimum atomic E-state index is -0.747. The van der Waals surface area contributed by atoms with Crippen molar-refractivity contribution in [3.8, 4) is 0 Å². The zero-order valence-electron chi connectivity index (χ0n) is 14.3. The van der Waals surface area contributed by atoms with Gasteiger partial charge in [0.1, 0.15) is 24.2 Å². The van der Waals surface area contributed by atoms with Crippen LogP contribution in [0.15, 0.2) is 85.2 Å². The minimum absolute atomic E-state index is 0.158. The second-order valence-electron chi connectivity index (χ2n) is 6.38.